The molecular weight excluding hydrogens is 289 g/mol. The summed E-state index contributed by atoms with van der Waals surface area (Å²) in [4.78, 5) is 0. The maximum atomic E-state index is 13.4. The van der Waals surface area contributed by atoms with Crippen LogP contribution in [0, 0.1) is 11.7 Å². The van der Waals surface area contributed by atoms with Crippen molar-refractivity contribution in [3.63, 3.8) is 0 Å². The Labute approximate surface area is 127 Å². The molecule has 2 aromatic carbocycles. The molecule has 108 valence electrons. The van der Waals surface area contributed by atoms with E-state index in [9.17, 15) is 4.39 Å². The van der Waals surface area contributed by atoms with Crippen LogP contribution in [0.3, 0.4) is 0 Å². The average Bonchev–Trinajstić information content (AvgIpc) is 3.19. The lowest BCUT2D eigenvalue weighted by Gasteiger charge is -2.17. The predicted molar refractivity (Wildman–Crippen MR) is 83.7 cm³/mol. The second kappa shape index (κ2) is 4.90. The topological polar surface area (TPSA) is 27.3 Å². The standard InChI is InChI=1S/C16H15ClFN3/c17-15-13(11-2-1-3-12(18)8-11)6-7-14-16(15)19-20-21(14)9-10-4-5-10/h1-3,6-8,10,19-20H,4-5,9H2. The van der Waals surface area contributed by atoms with E-state index >= 15 is 0 Å². The molecule has 0 unspecified atom stereocenters. The van der Waals surface area contributed by atoms with Gasteiger partial charge in [-0.15, -0.1) is 5.53 Å². The summed E-state index contributed by atoms with van der Waals surface area (Å²) >= 11 is 6.51. The van der Waals surface area contributed by atoms with Gasteiger partial charge in [-0.25, -0.2) is 4.39 Å². The first-order valence-electron chi connectivity index (χ1n) is 7.10. The number of nitrogens with zero attached hydrogens (tertiary/aromatic N) is 1. The van der Waals surface area contributed by atoms with Gasteiger partial charge in [-0.1, -0.05) is 29.8 Å². The van der Waals surface area contributed by atoms with Gasteiger partial charge in [0.05, 0.1) is 16.4 Å². The Balaban J connectivity index is 1.72. The second-order valence-corrected chi connectivity index (χ2v) is 6.00. The molecule has 2 N–H and O–H groups in total. The third-order valence-electron chi connectivity index (χ3n) is 4.00. The van der Waals surface area contributed by atoms with Crippen molar-refractivity contribution in [1.29, 1.82) is 0 Å². The van der Waals surface area contributed by atoms with Gasteiger partial charge in [0.15, 0.2) is 0 Å². The molecule has 0 saturated heterocycles. The molecule has 5 heteroatoms. The van der Waals surface area contributed by atoms with E-state index in [0.717, 1.165) is 35.0 Å². The lowest BCUT2D eigenvalue weighted by atomic mass is 10.0. The minimum atomic E-state index is -0.259. The summed E-state index contributed by atoms with van der Waals surface area (Å²) in [7, 11) is 0. The number of hydrazine groups is 2. The van der Waals surface area contributed by atoms with Crippen LogP contribution >= 0.6 is 11.6 Å². The zero-order valence-electron chi connectivity index (χ0n) is 11.4. The molecule has 0 amide bonds. The highest BCUT2D eigenvalue weighted by atomic mass is 35.5. The SMILES string of the molecule is Fc1cccc(-c2ccc3c(c2Cl)NNN3CC2CC2)c1. The van der Waals surface area contributed by atoms with E-state index in [2.05, 4.69) is 16.0 Å². The van der Waals surface area contributed by atoms with E-state index in [1.807, 2.05) is 18.2 Å². The quantitative estimate of drug-likeness (QED) is 0.889. The summed E-state index contributed by atoms with van der Waals surface area (Å²) in [5, 5.41) is 2.71. The Bertz CT molecular complexity index is 700. The number of halogens is 2. The smallest absolute Gasteiger partial charge is 0.123 e. The molecular formula is C16H15ClFN3. The molecule has 2 aromatic rings. The fourth-order valence-corrected chi connectivity index (χ4v) is 2.99. The number of rotatable bonds is 3. The van der Waals surface area contributed by atoms with Crippen LogP contribution in [-0.4, -0.2) is 6.54 Å². The fraction of sp³-hybridized carbons (Fsp3) is 0.250. The molecule has 0 radical (unpaired) electrons. The molecule has 0 spiro atoms. The summed E-state index contributed by atoms with van der Waals surface area (Å²) in [5.41, 5.74) is 9.80. The molecule has 1 fully saturated rings. The van der Waals surface area contributed by atoms with E-state index in [1.54, 1.807) is 6.07 Å². The first-order valence-corrected chi connectivity index (χ1v) is 7.48. The van der Waals surface area contributed by atoms with E-state index in [4.69, 9.17) is 11.6 Å². The van der Waals surface area contributed by atoms with Crippen LogP contribution < -0.4 is 16.0 Å². The van der Waals surface area contributed by atoms with Gasteiger partial charge in [-0.05, 0) is 42.5 Å². The van der Waals surface area contributed by atoms with Crippen LogP contribution in [-0.2, 0) is 0 Å². The van der Waals surface area contributed by atoms with Crippen LogP contribution in [0.2, 0.25) is 5.02 Å². The maximum absolute atomic E-state index is 13.4. The highest BCUT2D eigenvalue weighted by molar-refractivity contribution is 6.36. The van der Waals surface area contributed by atoms with Crippen LogP contribution in [0.15, 0.2) is 36.4 Å². The maximum Gasteiger partial charge on any atom is 0.123 e. The van der Waals surface area contributed by atoms with E-state index in [0.29, 0.717) is 5.02 Å². The van der Waals surface area contributed by atoms with Gasteiger partial charge in [-0.2, -0.15) is 0 Å². The van der Waals surface area contributed by atoms with Crippen molar-refractivity contribution < 1.29 is 4.39 Å². The molecule has 0 aromatic heterocycles. The van der Waals surface area contributed by atoms with Crippen molar-refractivity contribution in [2.45, 2.75) is 12.8 Å². The average molecular weight is 304 g/mol. The first kappa shape index (κ1) is 12.9. The molecule has 1 heterocycles. The van der Waals surface area contributed by atoms with E-state index < -0.39 is 0 Å². The van der Waals surface area contributed by atoms with E-state index in [-0.39, 0.29) is 5.82 Å². The number of benzene rings is 2. The van der Waals surface area contributed by atoms with Crippen molar-refractivity contribution in [1.82, 2.24) is 5.53 Å². The molecule has 1 aliphatic heterocycles. The second-order valence-electron chi connectivity index (χ2n) is 5.62. The summed E-state index contributed by atoms with van der Waals surface area (Å²) in [6.45, 7) is 0.982. The Kier molecular flexibility index (Phi) is 3.01. The van der Waals surface area contributed by atoms with Crippen molar-refractivity contribution in [2.75, 3.05) is 17.0 Å². The number of anilines is 2. The normalized spacial score (nSPS) is 16.8. The molecule has 21 heavy (non-hydrogen) atoms. The first-order chi connectivity index (χ1) is 10.2. The highest BCUT2D eigenvalue weighted by Gasteiger charge is 2.29. The summed E-state index contributed by atoms with van der Waals surface area (Å²) in [6, 6.07) is 10.5. The largest absolute Gasteiger partial charge is 0.300 e. The zero-order chi connectivity index (χ0) is 14.4. The van der Waals surface area contributed by atoms with Gasteiger partial charge >= 0.3 is 0 Å². The van der Waals surface area contributed by atoms with Gasteiger partial charge in [0.2, 0.25) is 0 Å². The Hall–Kier alpha value is -1.78. The summed E-state index contributed by atoms with van der Waals surface area (Å²) < 4.78 is 13.4. The minimum Gasteiger partial charge on any atom is -0.300 e. The molecule has 1 aliphatic carbocycles. The number of fused-ring (bicyclic) bond motifs is 1. The predicted octanol–water partition coefficient (Wildman–Crippen LogP) is 4.21. The summed E-state index contributed by atoms with van der Waals surface area (Å²) in [5.74, 6) is 0.512. The van der Waals surface area contributed by atoms with Crippen LogP contribution in [0.25, 0.3) is 11.1 Å². The third kappa shape index (κ3) is 2.34. The van der Waals surface area contributed by atoms with Gasteiger partial charge < -0.3 is 5.43 Å². The third-order valence-corrected chi connectivity index (χ3v) is 4.39. The molecule has 1 saturated carbocycles. The molecule has 2 aliphatic rings. The molecule has 3 nitrogen and oxygen atoms in total. The van der Waals surface area contributed by atoms with Gasteiger partial charge in [0.1, 0.15) is 5.82 Å². The van der Waals surface area contributed by atoms with Gasteiger partial charge in [0, 0.05) is 12.1 Å². The Morgan fingerprint density at radius 2 is 2.10 bits per heavy atom. The summed E-state index contributed by atoms with van der Waals surface area (Å²) in [6.07, 6.45) is 2.59. The van der Waals surface area contributed by atoms with Crippen molar-refractivity contribution in [3.8, 4) is 11.1 Å². The minimum absolute atomic E-state index is 0.259. The monoisotopic (exact) mass is 303 g/mol. The zero-order valence-corrected chi connectivity index (χ0v) is 12.1. The highest BCUT2D eigenvalue weighted by Crippen LogP contribution is 2.43. The van der Waals surface area contributed by atoms with E-state index in [1.165, 1.54) is 25.0 Å². The van der Waals surface area contributed by atoms with Crippen molar-refractivity contribution >= 4 is 23.0 Å². The van der Waals surface area contributed by atoms with Crippen LogP contribution in [0.4, 0.5) is 15.8 Å². The van der Waals surface area contributed by atoms with Crippen molar-refractivity contribution in [2.24, 2.45) is 5.92 Å². The lowest BCUT2D eigenvalue weighted by Crippen LogP contribution is -2.37. The Morgan fingerprint density at radius 3 is 2.86 bits per heavy atom. The number of nitrogens with one attached hydrogen (secondary N) is 2. The fourth-order valence-electron chi connectivity index (χ4n) is 2.67. The van der Waals surface area contributed by atoms with Crippen LogP contribution in [0.1, 0.15) is 12.8 Å². The van der Waals surface area contributed by atoms with Gasteiger partial charge in [0.25, 0.3) is 0 Å². The number of hydrogen-bond acceptors (Lipinski definition) is 3. The van der Waals surface area contributed by atoms with Crippen molar-refractivity contribution in [3.05, 3.63) is 47.2 Å². The molecule has 0 atom stereocenters. The lowest BCUT2D eigenvalue weighted by molar-refractivity contribution is 0.628. The molecule has 0 bridgehead atoms. The van der Waals surface area contributed by atoms with Gasteiger partial charge in [-0.3, -0.25) is 5.01 Å². The number of hydrogen-bond donors (Lipinski definition) is 2. The van der Waals surface area contributed by atoms with Crippen LogP contribution in [0.5, 0.6) is 0 Å². The Morgan fingerprint density at radius 1 is 1.24 bits per heavy atom. The molecule has 4 rings (SSSR count).